The molecule has 0 radical (unpaired) electrons. The van der Waals surface area contributed by atoms with Crippen molar-refractivity contribution in [1.82, 2.24) is 14.8 Å². The summed E-state index contributed by atoms with van der Waals surface area (Å²) in [6.45, 7) is 3.98. The first-order valence-corrected chi connectivity index (χ1v) is 7.15. The van der Waals surface area contributed by atoms with Crippen molar-refractivity contribution in [2.45, 2.75) is 18.9 Å². The van der Waals surface area contributed by atoms with Crippen LogP contribution in [0.15, 0.2) is 18.5 Å². The Morgan fingerprint density at radius 1 is 1.42 bits per heavy atom. The number of hydrogen-bond donors (Lipinski definition) is 0. The van der Waals surface area contributed by atoms with Crippen LogP contribution < -0.4 is 4.74 Å². The van der Waals surface area contributed by atoms with Gasteiger partial charge in [-0.15, -0.1) is 0 Å². The number of halogens is 1. The van der Waals surface area contributed by atoms with Gasteiger partial charge in [-0.25, -0.2) is 0 Å². The molecule has 0 unspecified atom stereocenters. The Balaban J connectivity index is 1.70. The molecule has 1 aromatic heterocycles. The molecule has 0 bridgehead atoms. The summed E-state index contributed by atoms with van der Waals surface area (Å²) in [7, 11) is 4.36. The maximum atomic E-state index is 5.86. The number of likely N-dealkylation sites (tertiary alicyclic amines) is 1. The summed E-state index contributed by atoms with van der Waals surface area (Å²) in [5.74, 6) is 0.740. The monoisotopic (exact) mass is 283 g/mol. The van der Waals surface area contributed by atoms with E-state index in [2.05, 4.69) is 28.9 Å². The number of rotatable bonds is 5. The topological polar surface area (TPSA) is 28.6 Å². The summed E-state index contributed by atoms with van der Waals surface area (Å²) in [5, 5.41) is 0.612. The van der Waals surface area contributed by atoms with Crippen LogP contribution in [-0.2, 0) is 0 Å². The maximum Gasteiger partial charge on any atom is 0.139 e. The van der Waals surface area contributed by atoms with Crippen LogP contribution in [0, 0.1) is 0 Å². The van der Waals surface area contributed by atoms with E-state index in [4.69, 9.17) is 16.3 Å². The van der Waals surface area contributed by atoms with Crippen LogP contribution in [0.2, 0.25) is 5.02 Å². The Labute approximate surface area is 120 Å². The fourth-order valence-electron chi connectivity index (χ4n) is 2.40. The Hall–Kier alpha value is -0.840. The molecule has 1 saturated heterocycles. The van der Waals surface area contributed by atoms with Gasteiger partial charge < -0.3 is 9.64 Å². The maximum absolute atomic E-state index is 5.86. The van der Waals surface area contributed by atoms with Gasteiger partial charge in [0, 0.05) is 24.8 Å². The number of pyridine rings is 1. The molecule has 4 nitrogen and oxygen atoms in total. The second kappa shape index (κ2) is 7.08. The van der Waals surface area contributed by atoms with E-state index >= 15 is 0 Å². The first kappa shape index (κ1) is 14.6. The van der Waals surface area contributed by atoms with E-state index in [1.807, 2.05) is 0 Å². The molecule has 0 aliphatic carbocycles. The molecule has 1 fully saturated rings. The lowest BCUT2D eigenvalue weighted by molar-refractivity contribution is 0.127. The molecule has 0 amide bonds. The zero-order valence-electron chi connectivity index (χ0n) is 11.7. The summed E-state index contributed by atoms with van der Waals surface area (Å²) in [6.07, 6.45) is 5.79. The fourth-order valence-corrected chi connectivity index (χ4v) is 2.56. The van der Waals surface area contributed by atoms with E-state index < -0.39 is 0 Å². The Morgan fingerprint density at radius 3 is 2.84 bits per heavy atom. The third-order valence-corrected chi connectivity index (χ3v) is 3.91. The van der Waals surface area contributed by atoms with Crippen LogP contribution in [0.1, 0.15) is 12.8 Å². The van der Waals surface area contributed by atoms with Gasteiger partial charge in [-0.3, -0.25) is 9.88 Å². The van der Waals surface area contributed by atoms with E-state index in [-0.39, 0.29) is 0 Å². The van der Waals surface area contributed by atoms with Gasteiger partial charge in [0.15, 0.2) is 0 Å². The summed E-state index contributed by atoms with van der Waals surface area (Å²) in [4.78, 5) is 8.79. The molecule has 2 heterocycles. The van der Waals surface area contributed by atoms with Gasteiger partial charge in [-0.05, 0) is 40.0 Å². The number of hydrogen-bond acceptors (Lipinski definition) is 4. The first-order valence-electron chi connectivity index (χ1n) is 6.77. The largest absolute Gasteiger partial charge is 0.491 e. The van der Waals surface area contributed by atoms with E-state index in [0.717, 1.165) is 12.3 Å². The average Bonchev–Trinajstić information content (AvgIpc) is 2.39. The lowest BCUT2D eigenvalue weighted by Crippen LogP contribution is -2.43. The molecular formula is C14H22ClN3O. The van der Waals surface area contributed by atoms with Crippen LogP contribution >= 0.6 is 11.6 Å². The molecular weight excluding hydrogens is 262 g/mol. The van der Waals surface area contributed by atoms with Gasteiger partial charge in [0.25, 0.3) is 0 Å². The zero-order chi connectivity index (χ0) is 13.7. The minimum atomic E-state index is 0.612. The van der Waals surface area contributed by atoms with Crippen LogP contribution in [0.5, 0.6) is 5.75 Å². The first-order chi connectivity index (χ1) is 9.15. The summed E-state index contributed by atoms with van der Waals surface area (Å²) >= 11 is 5.86. The number of nitrogens with zero attached hydrogens (tertiary/aromatic N) is 3. The molecule has 19 heavy (non-hydrogen) atoms. The fraction of sp³-hybridized carbons (Fsp3) is 0.643. The highest BCUT2D eigenvalue weighted by molar-refractivity contribution is 6.30. The highest BCUT2D eigenvalue weighted by atomic mass is 35.5. The molecule has 0 N–H and O–H groups in total. The Morgan fingerprint density at radius 2 is 2.16 bits per heavy atom. The molecule has 1 aromatic rings. The number of piperidine rings is 1. The molecule has 0 atom stereocenters. The number of likely N-dealkylation sites (N-methyl/N-ethyl adjacent to an activating group) is 1. The van der Waals surface area contributed by atoms with Crippen molar-refractivity contribution in [2.75, 3.05) is 40.3 Å². The minimum absolute atomic E-state index is 0.612. The second-order valence-electron chi connectivity index (χ2n) is 5.20. The van der Waals surface area contributed by atoms with Crippen LogP contribution in [0.3, 0.4) is 0 Å². The molecule has 5 heteroatoms. The molecule has 0 saturated carbocycles. The predicted octanol–water partition coefficient (Wildman–Crippen LogP) is 2.14. The highest BCUT2D eigenvalue weighted by Crippen LogP contribution is 2.16. The van der Waals surface area contributed by atoms with Crippen molar-refractivity contribution in [3.63, 3.8) is 0 Å². The third kappa shape index (κ3) is 4.64. The summed E-state index contributed by atoms with van der Waals surface area (Å²) < 4.78 is 5.67. The van der Waals surface area contributed by atoms with Crippen LogP contribution in [0.25, 0.3) is 0 Å². The van der Waals surface area contributed by atoms with Gasteiger partial charge >= 0.3 is 0 Å². The van der Waals surface area contributed by atoms with Gasteiger partial charge in [0.1, 0.15) is 12.4 Å². The normalized spacial score (nSPS) is 17.9. The predicted molar refractivity (Wildman–Crippen MR) is 77.9 cm³/mol. The number of aromatic nitrogens is 1. The SMILES string of the molecule is CN1CCC(N(C)CCOc2cncc(Cl)c2)CC1. The highest BCUT2D eigenvalue weighted by Gasteiger charge is 2.20. The Kier molecular flexibility index (Phi) is 5.43. The standard InChI is InChI=1S/C14H22ClN3O/c1-17-5-3-13(4-6-17)18(2)7-8-19-14-9-12(15)10-16-11-14/h9-11,13H,3-8H2,1-2H3. The molecule has 0 spiro atoms. The smallest absolute Gasteiger partial charge is 0.139 e. The van der Waals surface area contributed by atoms with Crippen molar-refractivity contribution in [2.24, 2.45) is 0 Å². The summed E-state index contributed by atoms with van der Waals surface area (Å²) in [6, 6.07) is 2.47. The quantitative estimate of drug-likeness (QED) is 0.828. The zero-order valence-corrected chi connectivity index (χ0v) is 12.4. The van der Waals surface area contributed by atoms with Crippen LogP contribution in [0.4, 0.5) is 0 Å². The molecule has 0 aromatic carbocycles. The van der Waals surface area contributed by atoms with Crippen molar-refractivity contribution in [3.05, 3.63) is 23.5 Å². The van der Waals surface area contributed by atoms with Crippen molar-refractivity contribution >= 4 is 11.6 Å². The average molecular weight is 284 g/mol. The molecule has 2 rings (SSSR count). The van der Waals surface area contributed by atoms with E-state index in [9.17, 15) is 0 Å². The van der Waals surface area contributed by atoms with E-state index in [1.165, 1.54) is 25.9 Å². The molecule has 1 aliphatic rings. The van der Waals surface area contributed by atoms with E-state index in [0.29, 0.717) is 17.7 Å². The molecule has 106 valence electrons. The lowest BCUT2D eigenvalue weighted by Gasteiger charge is -2.35. The van der Waals surface area contributed by atoms with Gasteiger partial charge in [-0.1, -0.05) is 11.6 Å². The lowest BCUT2D eigenvalue weighted by atomic mass is 10.0. The van der Waals surface area contributed by atoms with Crippen molar-refractivity contribution in [1.29, 1.82) is 0 Å². The summed E-state index contributed by atoms with van der Waals surface area (Å²) in [5.41, 5.74) is 0. The van der Waals surface area contributed by atoms with Gasteiger partial charge in [-0.2, -0.15) is 0 Å². The number of ether oxygens (including phenoxy) is 1. The van der Waals surface area contributed by atoms with E-state index in [1.54, 1.807) is 18.5 Å². The second-order valence-corrected chi connectivity index (χ2v) is 5.64. The van der Waals surface area contributed by atoms with Crippen LogP contribution in [-0.4, -0.2) is 61.2 Å². The van der Waals surface area contributed by atoms with Gasteiger partial charge in [0.2, 0.25) is 0 Å². The van der Waals surface area contributed by atoms with Crippen molar-refractivity contribution in [3.8, 4) is 5.75 Å². The Bertz CT molecular complexity index is 394. The minimum Gasteiger partial charge on any atom is -0.491 e. The third-order valence-electron chi connectivity index (χ3n) is 3.70. The van der Waals surface area contributed by atoms with Gasteiger partial charge in [0.05, 0.1) is 11.2 Å². The van der Waals surface area contributed by atoms with Crippen molar-refractivity contribution < 1.29 is 4.74 Å². The molecule has 1 aliphatic heterocycles.